The zero-order chi connectivity index (χ0) is 16.7. The van der Waals surface area contributed by atoms with Gasteiger partial charge >= 0.3 is 12.2 Å². The van der Waals surface area contributed by atoms with Crippen molar-refractivity contribution >= 4 is 6.03 Å². The largest absolute Gasteiger partial charge is 0.391 e. The average Bonchev–Trinajstić information content (AvgIpc) is 2.99. The van der Waals surface area contributed by atoms with Gasteiger partial charge in [-0.2, -0.15) is 13.2 Å². The lowest BCUT2D eigenvalue weighted by Gasteiger charge is -2.31. The molecule has 0 unspecified atom stereocenters. The Balaban J connectivity index is 1.55. The molecular weight excluding hydrogens is 313 g/mol. The number of carbonyl (C=O) groups excluding carboxylic acids is 1. The molecule has 0 radical (unpaired) electrons. The van der Waals surface area contributed by atoms with Crippen LogP contribution < -0.4 is 10.6 Å². The third kappa shape index (κ3) is 6.55. The summed E-state index contributed by atoms with van der Waals surface area (Å²) in [5, 5.41) is 5.23. The minimum atomic E-state index is -4.17. The highest BCUT2D eigenvalue weighted by atomic mass is 19.4. The number of carbonyl (C=O) groups is 1. The van der Waals surface area contributed by atoms with Crippen molar-refractivity contribution in [1.29, 1.82) is 0 Å². The van der Waals surface area contributed by atoms with Crippen molar-refractivity contribution in [2.75, 3.05) is 26.4 Å². The van der Waals surface area contributed by atoms with E-state index in [0.717, 1.165) is 19.4 Å². The summed E-state index contributed by atoms with van der Waals surface area (Å²) in [7, 11) is 0. The van der Waals surface area contributed by atoms with Crippen molar-refractivity contribution in [2.45, 2.75) is 56.8 Å². The van der Waals surface area contributed by atoms with E-state index in [1.807, 2.05) is 0 Å². The van der Waals surface area contributed by atoms with Crippen LogP contribution in [0.3, 0.4) is 0 Å². The molecule has 1 aliphatic carbocycles. The lowest BCUT2D eigenvalue weighted by molar-refractivity contribution is -0.183. The van der Waals surface area contributed by atoms with Crippen LogP contribution in [0.2, 0.25) is 0 Å². The summed E-state index contributed by atoms with van der Waals surface area (Å²) in [6, 6.07) is -0.846. The molecule has 0 aromatic rings. The van der Waals surface area contributed by atoms with E-state index in [9.17, 15) is 18.0 Å². The van der Waals surface area contributed by atoms with E-state index >= 15 is 0 Å². The first kappa shape index (κ1) is 18.3. The minimum Gasteiger partial charge on any atom is -0.377 e. The molecule has 8 heteroatoms. The highest BCUT2D eigenvalue weighted by Crippen LogP contribution is 2.37. The van der Waals surface area contributed by atoms with Crippen LogP contribution in [0.15, 0.2) is 0 Å². The number of nitrogens with one attached hydrogen (secondary N) is 2. The molecule has 1 saturated heterocycles. The number of urea groups is 1. The molecule has 1 aliphatic heterocycles. The van der Waals surface area contributed by atoms with Gasteiger partial charge in [0, 0.05) is 19.2 Å². The Morgan fingerprint density at radius 3 is 2.74 bits per heavy atom. The van der Waals surface area contributed by atoms with Gasteiger partial charge in [-0.3, -0.25) is 0 Å². The van der Waals surface area contributed by atoms with E-state index in [4.69, 9.17) is 9.47 Å². The quantitative estimate of drug-likeness (QED) is 0.732. The fourth-order valence-corrected chi connectivity index (χ4v) is 3.08. The first-order chi connectivity index (χ1) is 10.9. The van der Waals surface area contributed by atoms with Gasteiger partial charge in [0.2, 0.25) is 0 Å². The van der Waals surface area contributed by atoms with Gasteiger partial charge in [-0.15, -0.1) is 0 Å². The second-order valence-corrected chi connectivity index (χ2v) is 6.21. The Bertz CT molecular complexity index is 373. The van der Waals surface area contributed by atoms with Crippen molar-refractivity contribution in [3.05, 3.63) is 0 Å². The SMILES string of the molecule is O=C(NCCOC[C@@H]1CCCO1)N[C@H]1CCC[C@@H](C(F)(F)F)C1. The zero-order valence-corrected chi connectivity index (χ0v) is 13.2. The molecule has 1 heterocycles. The summed E-state index contributed by atoms with van der Waals surface area (Å²) >= 11 is 0. The maximum atomic E-state index is 12.7. The number of ether oxygens (including phenoxy) is 2. The second kappa shape index (κ2) is 8.73. The van der Waals surface area contributed by atoms with Gasteiger partial charge in [0.15, 0.2) is 0 Å². The maximum absolute atomic E-state index is 12.7. The number of amides is 2. The van der Waals surface area contributed by atoms with Gasteiger partial charge in [-0.25, -0.2) is 4.79 Å². The van der Waals surface area contributed by atoms with Gasteiger partial charge in [0.25, 0.3) is 0 Å². The molecule has 2 fully saturated rings. The van der Waals surface area contributed by atoms with Crippen LogP contribution >= 0.6 is 0 Å². The Morgan fingerprint density at radius 2 is 2.04 bits per heavy atom. The lowest BCUT2D eigenvalue weighted by Crippen LogP contribution is -2.46. The Morgan fingerprint density at radius 1 is 1.22 bits per heavy atom. The molecule has 2 amide bonds. The molecule has 0 aromatic carbocycles. The third-order valence-corrected chi connectivity index (χ3v) is 4.33. The number of hydrogen-bond donors (Lipinski definition) is 2. The molecule has 1 saturated carbocycles. The second-order valence-electron chi connectivity index (χ2n) is 6.21. The van der Waals surface area contributed by atoms with Crippen molar-refractivity contribution in [2.24, 2.45) is 5.92 Å². The van der Waals surface area contributed by atoms with E-state index in [2.05, 4.69) is 10.6 Å². The lowest BCUT2D eigenvalue weighted by atomic mass is 9.85. The Hall–Kier alpha value is -1.02. The zero-order valence-electron chi connectivity index (χ0n) is 13.2. The Kier molecular flexibility index (Phi) is 6.95. The van der Waals surface area contributed by atoms with Crippen molar-refractivity contribution in [3.63, 3.8) is 0 Å². The standard InChI is InChI=1S/C15H25F3N2O3/c16-15(17,18)11-3-1-4-12(9-11)20-14(21)19-6-8-22-10-13-5-2-7-23-13/h11-13H,1-10H2,(H2,19,20,21)/t11-,12+,13+/m1/s1. The van der Waals surface area contributed by atoms with Crippen LogP contribution in [0.25, 0.3) is 0 Å². The first-order valence-corrected chi connectivity index (χ1v) is 8.25. The minimum absolute atomic E-state index is 0.0353. The van der Waals surface area contributed by atoms with Crippen LogP contribution in [0.4, 0.5) is 18.0 Å². The van der Waals surface area contributed by atoms with Gasteiger partial charge in [0.1, 0.15) is 0 Å². The number of halogens is 3. The summed E-state index contributed by atoms with van der Waals surface area (Å²) in [6.07, 6.45) is -0.787. The van der Waals surface area contributed by atoms with Crippen molar-refractivity contribution in [1.82, 2.24) is 10.6 Å². The molecule has 0 aromatic heterocycles. The Labute approximate surface area is 134 Å². The summed E-state index contributed by atoms with van der Waals surface area (Å²) < 4.78 is 48.9. The van der Waals surface area contributed by atoms with Crippen LogP contribution in [-0.2, 0) is 9.47 Å². The maximum Gasteiger partial charge on any atom is 0.391 e. The molecule has 134 valence electrons. The fraction of sp³-hybridized carbons (Fsp3) is 0.933. The molecule has 2 N–H and O–H groups in total. The van der Waals surface area contributed by atoms with Crippen molar-refractivity contribution < 1.29 is 27.4 Å². The molecule has 23 heavy (non-hydrogen) atoms. The number of rotatable bonds is 6. The fourth-order valence-electron chi connectivity index (χ4n) is 3.08. The predicted octanol–water partition coefficient (Wildman–Crippen LogP) is 2.60. The molecule has 2 rings (SSSR count). The smallest absolute Gasteiger partial charge is 0.377 e. The van der Waals surface area contributed by atoms with Crippen LogP contribution in [0.1, 0.15) is 38.5 Å². The first-order valence-electron chi connectivity index (χ1n) is 8.25. The summed E-state index contributed by atoms with van der Waals surface area (Å²) in [4.78, 5) is 11.7. The highest BCUT2D eigenvalue weighted by Gasteiger charge is 2.42. The van der Waals surface area contributed by atoms with Crippen LogP contribution in [0, 0.1) is 5.92 Å². The number of alkyl halides is 3. The van der Waals surface area contributed by atoms with Gasteiger partial charge < -0.3 is 20.1 Å². The molecule has 0 spiro atoms. The van der Waals surface area contributed by atoms with Gasteiger partial charge in [-0.05, 0) is 32.1 Å². The molecule has 5 nitrogen and oxygen atoms in total. The van der Waals surface area contributed by atoms with E-state index in [0.29, 0.717) is 32.6 Å². The highest BCUT2D eigenvalue weighted by molar-refractivity contribution is 5.74. The topological polar surface area (TPSA) is 59.6 Å². The predicted molar refractivity (Wildman–Crippen MR) is 78.1 cm³/mol. The monoisotopic (exact) mass is 338 g/mol. The van der Waals surface area contributed by atoms with Crippen LogP contribution in [-0.4, -0.2) is 50.7 Å². The van der Waals surface area contributed by atoms with Gasteiger partial charge in [0.05, 0.1) is 25.2 Å². The van der Waals surface area contributed by atoms with E-state index in [-0.39, 0.29) is 18.9 Å². The molecule has 0 bridgehead atoms. The normalized spacial score (nSPS) is 28.6. The molecule has 2 aliphatic rings. The molecular formula is C15H25F3N2O3. The molecule has 3 atom stereocenters. The summed E-state index contributed by atoms with van der Waals surface area (Å²) in [6.45, 7) is 1.98. The van der Waals surface area contributed by atoms with E-state index in [1.54, 1.807) is 0 Å². The van der Waals surface area contributed by atoms with Gasteiger partial charge in [-0.1, -0.05) is 6.42 Å². The summed E-state index contributed by atoms with van der Waals surface area (Å²) in [5.41, 5.74) is 0. The third-order valence-electron chi connectivity index (χ3n) is 4.33. The van der Waals surface area contributed by atoms with Crippen LogP contribution in [0.5, 0.6) is 0 Å². The summed E-state index contributed by atoms with van der Waals surface area (Å²) in [5.74, 6) is -1.31. The van der Waals surface area contributed by atoms with E-state index < -0.39 is 24.2 Å². The van der Waals surface area contributed by atoms with Crippen molar-refractivity contribution in [3.8, 4) is 0 Å². The number of hydrogen-bond acceptors (Lipinski definition) is 3. The van der Waals surface area contributed by atoms with E-state index in [1.165, 1.54) is 0 Å². The average molecular weight is 338 g/mol.